The molecule has 1 aliphatic rings. The van der Waals surface area contributed by atoms with Gasteiger partial charge in [-0.05, 0) is 99.7 Å². The standard InChI is InChI=1S/C35H46N2O7S/c1-7-36(8-2)45(39,40)28-15-13-14-27(22-28)35(38)37-19-18-26-23-33(43-11-5)34(44-12-6)24-29(26)30(37)20-25-16-17-31(41-9-3)32(21-25)42-10-4/h13-17,21-24,30H,7-12,18-20H2,1-6H3. The van der Waals surface area contributed by atoms with Crippen LogP contribution in [0.4, 0.5) is 0 Å². The highest BCUT2D eigenvalue weighted by Gasteiger charge is 2.34. The maximum absolute atomic E-state index is 14.3. The first kappa shape index (κ1) is 34.1. The number of nitrogens with zero attached hydrogens (tertiary/aromatic N) is 2. The summed E-state index contributed by atoms with van der Waals surface area (Å²) in [5, 5.41) is 0. The molecule has 0 aromatic heterocycles. The number of fused-ring (bicyclic) bond motifs is 1. The quantitative estimate of drug-likeness (QED) is 0.193. The van der Waals surface area contributed by atoms with Crippen molar-refractivity contribution in [1.82, 2.24) is 9.21 Å². The van der Waals surface area contributed by atoms with E-state index < -0.39 is 10.0 Å². The number of amides is 1. The van der Waals surface area contributed by atoms with Gasteiger partial charge in [-0.25, -0.2) is 8.42 Å². The molecule has 0 N–H and O–H groups in total. The van der Waals surface area contributed by atoms with Crippen LogP contribution in [0.15, 0.2) is 59.5 Å². The highest BCUT2D eigenvalue weighted by Crippen LogP contribution is 2.41. The van der Waals surface area contributed by atoms with Crippen molar-refractivity contribution in [2.24, 2.45) is 0 Å². The average molecular weight is 639 g/mol. The van der Waals surface area contributed by atoms with E-state index in [-0.39, 0.29) is 16.8 Å². The predicted octanol–water partition coefficient (Wildman–Crippen LogP) is 6.29. The molecule has 1 amide bonds. The number of hydrogen-bond donors (Lipinski definition) is 0. The van der Waals surface area contributed by atoms with Crippen LogP contribution in [0.25, 0.3) is 0 Å². The van der Waals surface area contributed by atoms with Crippen LogP contribution in [0.1, 0.15) is 74.6 Å². The molecule has 3 aromatic carbocycles. The van der Waals surface area contributed by atoms with Crippen molar-refractivity contribution in [3.8, 4) is 23.0 Å². The van der Waals surface area contributed by atoms with Crippen molar-refractivity contribution in [2.75, 3.05) is 46.1 Å². The van der Waals surface area contributed by atoms with Crippen molar-refractivity contribution in [3.63, 3.8) is 0 Å². The van der Waals surface area contributed by atoms with Gasteiger partial charge in [-0.15, -0.1) is 0 Å². The summed E-state index contributed by atoms with van der Waals surface area (Å²) in [6.45, 7) is 14.5. The van der Waals surface area contributed by atoms with Gasteiger partial charge in [-0.2, -0.15) is 4.31 Å². The van der Waals surface area contributed by atoms with E-state index >= 15 is 0 Å². The second-order valence-corrected chi connectivity index (χ2v) is 12.5. The molecule has 0 saturated carbocycles. The smallest absolute Gasteiger partial charge is 0.254 e. The molecule has 1 heterocycles. The summed E-state index contributed by atoms with van der Waals surface area (Å²) in [4.78, 5) is 16.3. The monoisotopic (exact) mass is 638 g/mol. The lowest BCUT2D eigenvalue weighted by Gasteiger charge is -2.38. The van der Waals surface area contributed by atoms with Crippen LogP contribution < -0.4 is 18.9 Å². The summed E-state index contributed by atoms with van der Waals surface area (Å²) in [5.41, 5.74) is 3.36. The fourth-order valence-corrected chi connectivity index (χ4v) is 7.33. The second kappa shape index (κ2) is 15.5. The van der Waals surface area contributed by atoms with Crippen molar-refractivity contribution >= 4 is 15.9 Å². The lowest BCUT2D eigenvalue weighted by atomic mass is 9.87. The Balaban J connectivity index is 1.80. The van der Waals surface area contributed by atoms with Gasteiger partial charge in [0.15, 0.2) is 23.0 Å². The third kappa shape index (κ3) is 7.56. The van der Waals surface area contributed by atoms with Crippen LogP contribution in [-0.2, 0) is 22.9 Å². The first-order valence-electron chi connectivity index (χ1n) is 15.9. The molecule has 1 unspecified atom stereocenters. The summed E-state index contributed by atoms with van der Waals surface area (Å²) in [6.07, 6.45) is 1.12. The van der Waals surface area contributed by atoms with E-state index in [0.717, 1.165) is 16.7 Å². The topological polar surface area (TPSA) is 94.6 Å². The van der Waals surface area contributed by atoms with E-state index in [9.17, 15) is 13.2 Å². The number of carbonyl (C=O) groups excluding carboxylic acids is 1. The van der Waals surface area contributed by atoms with Crippen molar-refractivity contribution < 1.29 is 32.2 Å². The third-order valence-corrected chi connectivity index (χ3v) is 9.93. The molecule has 0 bridgehead atoms. The number of sulfonamides is 1. The molecule has 1 aliphatic heterocycles. The average Bonchev–Trinajstić information content (AvgIpc) is 3.03. The Hall–Kier alpha value is -3.76. The Morgan fingerprint density at radius 2 is 1.38 bits per heavy atom. The van der Waals surface area contributed by atoms with Crippen molar-refractivity contribution in [3.05, 3.63) is 76.9 Å². The summed E-state index contributed by atoms with van der Waals surface area (Å²) in [7, 11) is -3.73. The highest BCUT2D eigenvalue weighted by atomic mass is 32.2. The van der Waals surface area contributed by atoms with Crippen LogP contribution in [0, 0.1) is 0 Å². The zero-order valence-corrected chi connectivity index (χ0v) is 28.1. The molecular weight excluding hydrogens is 592 g/mol. The fraction of sp³-hybridized carbons (Fsp3) is 0.457. The molecule has 10 heteroatoms. The first-order valence-corrected chi connectivity index (χ1v) is 17.4. The normalized spacial score (nSPS) is 14.6. The Kier molecular flexibility index (Phi) is 11.7. The van der Waals surface area contributed by atoms with E-state index in [1.54, 1.807) is 32.0 Å². The molecule has 4 rings (SSSR count). The summed E-state index contributed by atoms with van der Waals surface area (Å²) < 4.78 is 51.6. The molecule has 9 nitrogen and oxygen atoms in total. The lowest BCUT2D eigenvalue weighted by Crippen LogP contribution is -2.41. The van der Waals surface area contributed by atoms with Gasteiger partial charge in [-0.1, -0.05) is 26.0 Å². The number of benzene rings is 3. The number of ether oxygens (including phenoxy) is 4. The Morgan fingerprint density at radius 1 is 0.778 bits per heavy atom. The SMILES string of the molecule is CCOc1ccc(CC2c3cc(OCC)c(OCC)cc3CCN2C(=O)c2cccc(S(=O)(=O)N(CC)CC)c2)cc1OCC. The van der Waals surface area contributed by atoms with E-state index in [0.29, 0.717) is 87.5 Å². The molecule has 0 radical (unpaired) electrons. The Bertz CT molecular complexity index is 1570. The van der Waals surface area contributed by atoms with Crippen LogP contribution in [0.3, 0.4) is 0 Å². The Morgan fingerprint density at radius 3 is 2.00 bits per heavy atom. The predicted molar refractivity (Wildman–Crippen MR) is 175 cm³/mol. The van der Waals surface area contributed by atoms with Gasteiger partial charge >= 0.3 is 0 Å². The number of carbonyl (C=O) groups is 1. The van der Waals surface area contributed by atoms with Crippen LogP contribution in [0.5, 0.6) is 23.0 Å². The molecule has 1 atom stereocenters. The summed E-state index contributed by atoms with van der Waals surface area (Å²) in [6, 6.07) is 15.9. The second-order valence-electron chi connectivity index (χ2n) is 10.6. The van der Waals surface area contributed by atoms with E-state index in [2.05, 4.69) is 0 Å². The minimum atomic E-state index is -3.73. The van der Waals surface area contributed by atoms with Crippen LogP contribution >= 0.6 is 0 Å². The third-order valence-electron chi connectivity index (χ3n) is 7.88. The van der Waals surface area contributed by atoms with Gasteiger partial charge < -0.3 is 23.8 Å². The van der Waals surface area contributed by atoms with Gasteiger partial charge in [0.05, 0.1) is 37.4 Å². The minimum absolute atomic E-state index is 0.110. The molecule has 3 aromatic rings. The van der Waals surface area contributed by atoms with E-state index in [4.69, 9.17) is 18.9 Å². The number of hydrogen-bond acceptors (Lipinski definition) is 7. The van der Waals surface area contributed by atoms with Gasteiger partial charge in [0, 0.05) is 25.2 Å². The molecular formula is C35H46N2O7S. The molecule has 0 saturated heterocycles. The largest absolute Gasteiger partial charge is 0.490 e. The minimum Gasteiger partial charge on any atom is -0.490 e. The molecule has 0 aliphatic carbocycles. The van der Waals surface area contributed by atoms with E-state index in [1.165, 1.54) is 10.4 Å². The van der Waals surface area contributed by atoms with Crippen molar-refractivity contribution in [2.45, 2.75) is 65.3 Å². The molecule has 244 valence electrons. The zero-order valence-electron chi connectivity index (χ0n) is 27.3. The molecule has 0 spiro atoms. The van der Waals surface area contributed by atoms with Gasteiger partial charge in [-0.3, -0.25) is 4.79 Å². The maximum atomic E-state index is 14.3. The summed E-state index contributed by atoms with van der Waals surface area (Å²) in [5.74, 6) is 2.41. The zero-order chi connectivity index (χ0) is 32.6. The Labute approximate surface area is 268 Å². The summed E-state index contributed by atoms with van der Waals surface area (Å²) >= 11 is 0. The maximum Gasteiger partial charge on any atom is 0.254 e. The van der Waals surface area contributed by atoms with Gasteiger partial charge in [0.1, 0.15) is 0 Å². The van der Waals surface area contributed by atoms with Crippen molar-refractivity contribution in [1.29, 1.82) is 0 Å². The van der Waals surface area contributed by atoms with Crippen LogP contribution in [-0.4, -0.2) is 69.6 Å². The van der Waals surface area contributed by atoms with Gasteiger partial charge in [0.25, 0.3) is 5.91 Å². The lowest BCUT2D eigenvalue weighted by molar-refractivity contribution is 0.0659. The van der Waals surface area contributed by atoms with E-state index in [1.807, 2.05) is 62.9 Å². The highest BCUT2D eigenvalue weighted by molar-refractivity contribution is 7.89. The molecule has 45 heavy (non-hydrogen) atoms. The fourth-order valence-electron chi connectivity index (χ4n) is 5.82. The molecule has 0 fully saturated rings. The van der Waals surface area contributed by atoms with Crippen LogP contribution in [0.2, 0.25) is 0 Å². The van der Waals surface area contributed by atoms with Gasteiger partial charge in [0.2, 0.25) is 10.0 Å². The number of rotatable bonds is 15. The first-order chi connectivity index (χ1) is 21.7.